The molecule has 3 saturated heterocycles. The molecule has 0 bridgehead atoms. The number of carbonyl (C=O) groups excluding carboxylic acids is 2. The minimum absolute atomic E-state index is 0.0316. The number of amides is 2. The molecule has 0 aromatic carbocycles. The summed E-state index contributed by atoms with van der Waals surface area (Å²) in [5.41, 5.74) is -1.79. The number of aliphatic hydroxyl groups is 3. The molecule has 2 amide bonds. The number of rotatable bonds is 6. The summed E-state index contributed by atoms with van der Waals surface area (Å²) < 4.78 is 25.2. The number of likely N-dealkylation sites (tertiary alicyclic amines) is 1. The molecule has 8 rings (SSSR count). The smallest absolute Gasteiger partial charge is 0.410 e. The molecular formula is C44H72N2O9. The number of aliphatic hydroxyl groups excluding tert-OH is 2. The number of ether oxygens (including phenoxy) is 4. The zero-order valence-corrected chi connectivity index (χ0v) is 35.4. The van der Waals surface area contributed by atoms with E-state index in [1.807, 2.05) is 25.7 Å². The van der Waals surface area contributed by atoms with Crippen LogP contribution in [0.25, 0.3) is 0 Å². The fourth-order valence-electron chi connectivity index (χ4n) is 14.9. The quantitative estimate of drug-likeness (QED) is 0.308. The predicted octanol–water partition coefficient (Wildman–Crippen LogP) is 5.76. The summed E-state index contributed by atoms with van der Waals surface area (Å²) in [5.74, 6) is 1.65. The van der Waals surface area contributed by atoms with E-state index in [1.165, 1.54) is 12.8 Å². The number of fused-ring (bicyclic) bond motifs is 4. The van der Waals surface area contributed by atoms with Crippen molar-refractivity contribution in [2.24, 2.45) is 56.7 Å². The summed E-state index contributed by atoms with van der Waals surface area (Å²) in [7, 11) is 0. The molecule has 8 aliphatic rings. The van der Waals surface area contributed by atoms with Crippen LogP contribution in [0.15, 0.2) is 0 Å². The van der Waals surface area contributed by atoms with E-state index in [2.05, 4.69) is 34.6 Å². The van der Waals surface area contributed by atoms with Gasteiger partial charge >= 0.3 is 6.09 Å². The van der Waals surface area contributed by atoms with Crippen molar-refractivity contribution < 1.29 is 43.9 Å². The lowest BCUT2D eigenvalue weighted by Crippen LogP contribution is -2.60. The maximum atomic E-state index is 13.4. The van der Waals surface area contributed by atoms with E-state index in [1.54, 1.807) is 18.7 Å². The molecule has 5 aliphatic carbocycles. The Labute approximate surface area is 329 Å². The fourth-order valence-corrected chi connectivity index (χ4v) is 14.9. The molecule has 2 spiro atoms. The molecule has 11 heteroatoms. The van der Waals surface area contributed by atoms with Crippen LogP contribution < -0.4 is 0 Å². The van der Waals surface area contributed by atoms with Crippen LogP contribution in [0, 0.1) is 56.7 Å². The number of hydrogen-bond acceptors (Lipinski definition) is 9. The second kappa shape index (κ2) is 13.0. The highest BCUT2D eigenvalue weighted by atomic mass is 16.7. The van der Waals surface area contributed by atoms with Gasteiger partial charge in [0.25, 0.3) is 0 Å². The highest BCUT2D eigenvalue weighted by Crippen LogP contribution is 2.89. The van der Waals surface area contributed by atoms with E-state index in [4.69, 9.17) is 18.9 Å². The monoisotopic (exact) mass is 773 g/mol. The second-order valence-corrected chi connectivity index (χ2v) is 22.4. The summed E-state index contributed by atoms with van der Waals surface area (Å²) in [6.07, 6.45) is 5.70. The van der Waals surface area contributed by atoms with E-state index in [-0.39, 0.29) is 69.0 Å². The Hall–Kier alpha value is -1.50. The Morgan fingerprint density at radius 2 is 1.60 bits per heavy atom. The zero-order valence-electron chi connectivity index (χ0n) is 35.4. The van der Waals surface area contributed by atoms with Gasteiger partial charge in [-0.15, -0.1) is 0 Å². The van der Waals surface area contributed by atoms with Crippen LogP contribution in [-0.4, -0.2) is 118 Å². The molecule has 0 radical (unpaired) electrons. The van der Waals surface area contributed by atoms with Gasteiger partial charge < -0.3 is 44.1 Å². The molecule has 312 valence electrons. The van der Waals surface area contributed by atoms with Gasteiger partial charge in [-0.05, 0) is 131 Å². The Morgan fingerprint density at radius 1 is 0.927 bits per heavy atom. The standard InChI is InChI=1S/C44H72N2O9/c1-25-19-27(35(48)40(7,8)51)53-34-33(25)41(9)15-16-44-24-43(44)14-13-30(39(5,6)28(43)11-12-29(44)42(41,10)36(34)49)54-32-23-45(17-18-52-32)31(47)20-26-21-46(22-26)37(50)55-38(2,3)4/h25-30,32-36,48-49,51H,11-24H2,1-10H3/t25-,27-,28+,29+,30?,32?,33?,34+,35?,36+,41-,42-,43?,44+/m1/s1. The van der Waals surface area contributed by atoms with Gasteiger partial charge in [0.1, 0.15) is 11.7 Å². The first-order valence-corrected chi connectivity index (χ1v) is 21.8. The van der Waals surface area contributed by atoms with Gasteiger partial charge in [0.15, 0.2) is 6.29 Å². The summed E-state index contributed by atoms with van der Waals surface area (Å²) in [4.78, 5) is 29.4. The second-order valence-electron chi connectivity index (χ2n) is 22.4. The lowest BCUT2D eigenvalue weighted by atomic mass is 9.41. The molecule has 0 aromatic heterocycles. The van der Waals surface area contributed by atoms with Crippen LogP contribution >= 0.6 is 0 Å². The van der Waals surface area contributed by atoms with E-state index >= 15 is 0 Å². The van der Waals surface area contributed by atoms with Crippen molar-refractivity contribution in [3.8, 4) is 0 Å². The van der Waals surface area contributed by atoms with E-state index < -0.39 is 35.8 Å². The van der Waals surface area contributed by atoms with Crippen molar-refractivity contribution in [3.63, 3.8) is 0 Å². The van der Waals surface area contributed by atoms with Crippen LogP contribution in [-0.2, 0) is 23.7 Å². The average molecular weight is 773 g/mol. The normalized spacial score (nSPS) is 47.0. The van der Waals surface area contributed by atoms with Gasteiger partial charge in [-0.25, -0.2) is 4.79 Å². The van der Waals surface area contributed by atoms with Crippen molar-refractivity contribution >= 4 is 12.0 Å². The predicted molar refractivity (Wildman–Crippen MR) is 206 cm³/mol. The van der Waals surface area contributed by atoms with Crippen molar-refractivity contribution in [2.75, 3.05) is 32.8 Å². The third-order valence-electron chi connectivity index (χ3n) is 17.6. The number of nitrogens with zero attached hydrogens (tertiary/aromatic N) is 2. The molecule has 55 heavy (non-hydrogen) atoms. The van der Waals surface area contributed by atoms with Gasteiger partial charge in [0, 0.05) is 37.4 Å². The molecule has 3 aliphatic heterocycles. The third-order valence-corrected chi connectivity index (χ3v) is 17.6. The molecule has 14 atom stereocenters. The molecule has 11 nitrogen and oxygen atoms in total. The molecule has 3 heterocycles. The van der Waals surface area contributed by atoms with Crippen LogP contribution in [0.4, 0.5) is 4.79 Å². The molecule has 3 N–H and O–H groups in total. The van der Waals surface area contributed by atoms with Crippen molar-refractivity contribution in [1.29, 1.82) is 0 Å². The SMILES string of the molecule is C[C@@H]1C[C@H](C(O)C(C)(C)O)O[C@H]2C1[C@@]1(C)CC[C@@]34CC35CCC(OC3CN(C(=O)CC6CN(C(=O)OC(C)(C)C)C6)CCO3)C(C)(C)[C@@H]5CC[C@H]4[C@]1(C)[C@H]2O. The van der Waals surface area contributed by atoms with Gasteiger partial charge in [0.05, 0.1) is 43.2 Å². The van der Waals surface area contributed by atoms with E-state index in [0.29, 0.717) is 57.5 Å². The van der Waals surface area contributed by atoms with Gasteiger partial charge in [0.2, 0.25) is 5.91 Å². The van der Waals surface area contributed by atoms with Crippen LogP contribution in [0.2, 0.25) is 0 Å². The lowest BCUT2D eigenvalue weighted by molar-refractivity contribution is -0.248. The minimum Gasteiger partial charge on any atom is -0.444 e. The van der Waals surface area contributed by atoms with Crippen LogP contribution in [0.1, 0.15) is 127 Å². The van der Waals surface area contributed by atoms with Crippen molar-refractivity contribution in [2.45, 2.75) is 175 Å². The zero-order chi connectivity index (χ0) is 39.9. The summed E-state index contributed by atoms with van der Waals surface area (Å²) in [6, 6.07) is 0. The minimum atomic E-state index is -1.27. The number of morpholine rings is 1. The Kier molecular flexibility index (Phi) is 9.52. The van der Waals surface area contributed by atoms with Crippen molar-refractivity contribution in [3.05, 3.63) is 0 Å². The first-order chi connectivity index (χ1) is 25.5. The maximum Gasteiger partial charge on any atom is 0.410 e. The summed E-state index contributed by atoms with van der Waals surface area (Å²) in [6.45, 7) is 23.3. The van der Waals surface area contributed by atoms with Gasteiger partial charge in [-0.2, -0.15) is 0 Å². The Balaban J connectivity index is 0.915. The first-order valence-electron chi connectivity index (χ1n) is 21.8. The number of hydrogen-bond donors (Lipinski definition) is 3. The first kappa shape index (κ1) is 40.3. The Morgan fingerprint density at radius 3 is 2.27 bits per heavy atom. The van der Waals surface area contributed by atoms with Gasteiger partial charge in [-0.3, -0.25) is 4.79 Å². The van der Waals surface area contributed by atoms with E-state index in [0.717, 1.165) is 32.1 Å². The lowest BCUT2D eigenvalue weighted by Gasteiger charge is -2.64. The summed E-state index contributed by atoms with van der Waals surface area (Å²) in [5, 5.41) is 34.3. The molecule has 0 aromatic rings. The van der Waals surface area contributed by atoms with E-state index in [9.17, 15) is 24.9 Å². The van der Waals surface area contributed by atoms with Gasteiger partial charge in [-0.1, -0.05) is 34.6 Å². The molecule has 5 saturated carbocycles. The Bertz CT molecular complexity index is 1520. The molecule has 5 unspecified atom stereocenters. The fraction of sp³-hybridized carbons (Fsp3) is 0.955. The largest absolute Gasteiger partial charge is 0.444 e. The van der Waals surface area contributed by atoms with Crippen LogP contribution in [0.5, 0.6) is 0 Å². The molecular weight excluding hydrogens is 700 g/mol. The highest BCUT2D eigenvalue weighted by Gasteiger charge is 2.84. The summed E-state index contributed by atoms with van der Waals surface area (Å²) >= 11 is 0. The van der Waals surface area contributed by atoms with Crippen molar-refractivity contribution in [1.82, 2.24) is 9.80 Å². The average Bonchev–Trinajstić information content (AvgIpc) is 3.70. The van der Waals surface area contributed by atoms with Crippen LogP contribution in [0.3, 0.4) is 0 Å². The molecule has 8 fully saturated rings. The third kappa shape index (κ3) is 5.99. The topological polar surface area (TPSA) is 138 Å². The maximum absolute atomic E-state index is 13.4. The highest BCUT2D eigenvalue weighted by molar-refractivity contribution is 5.77. The number of carbonyl (C=O) groups is 2.